The molecule has 24 heavy (non-hydrogen) atoms. The molecule has 1 unspecified atom stereocenters. The fourth-order valence-corrected chi connectivity index (χ4v) is 5.03. The summed E-state index contributed by atoms with van der Waals surface area (Å²) in [6, 6.07) is 11.0. The lowest BCUT2D eigenvalue weighted by Gasteiger charge is -2.34. The summed E-state index contributed by atoms with van der Waals surface area (Å²) >= 11 is 0. The predicted molar refractivity (Wildman–Crippen MR) is 104 cm³/mol. The minimum atomic E-state index is -1.43. The average molecular weight is 351 g/mol. The Morgan fingerprint density at radius 2 is 1.83 bits per heavy atom. The van der Waals surface area contributed by atoms with Gasteiger partial charge in [0.15, 0.2) is 0 Å². The molecular formula is C20H34O3Si. The highest BCUT2D eigenvalue weighted by molar-refractivity contribution is 6.76. The third kappa shape index (κ3) is 8.13. The summed E-state index contributed by atoms with van der Waals surface area (Å²) in [6.07, 6.45) is 2.52. The average Bonchev–Trinajstić information content (AvgIpc) is 2.50. The molecule has 0 heterocycles. The Hall–Kier alpha value is -1.10. The molecule has 1 atom stereocenters. The molecule has 0 aliphatic carbocycles. The van der Waals surface area contributed by atoms with E-state index in [1.165, 1.54) is 5.56 Å². The molecule has 1 aromatic carbocycles. The van der Waals surface area contributed by atoms with Gasteiger partial charge < -0.3 is 14.6 Å². The van der Waals surface area contributed by atoms with Gasteiger partial charge in [0.1, 0.15) is 11.4 Å². The van der Waals surface area contributed by atoms with Crippen molar-refractivity contribution in [2.45, 2.75) is 64.1 Å². The minimum Gasteiger partial charge on any atom is -0.496 e. The van der Waals surface area contributed by atoms with Crippen LogP contribution >= 0.6 is 0 Å². The van der Waals surface area contributed by atoms with E-state index >= 15 is 0 Å². The number of benzene rings is 1. The van der Waals surface area contributed by atoms with E-state index in [4.69, 9.17) is 9.47 Å². The van der Waals surface area contributed by atoms with Crippen LogP contribution in [-0.2, 0) is 16.1 Å². The molecule has 0 saturated heterocycles. The molecule has 0 aliphatic rings. The first kappa shape index (κ1) is 20.9. The molecule has 0 spiro atoms. The lowest BCUT2D eigenvalue weighted by Crippen LogP contribution is -2.40. The van der Waals surface area contributed by atoms with Crippen LogP contribution in [0.3, 0.4) is 0 Å². The summed E-state index contributed by atoms with van der Waals surface area (Å²) in [5.74, 6) is 0.526. The number of aliphatic hydroxyl groups is 1. The molecule has 0 aliphatic heterocycles. The summed E-state index contributed by atoms with van der Waals surface area (Å²) in [7, 11) is -1.43. The summed E-state index contributed by atoms with van der Waals surface area (Å²) in [4.78, 5) is 0. The van der Waals surface area contributed by atoms with E-state index < -0.39 is 13.7 Å². The molecule has 0 amide bonds. The molecular weight excluding hydrogens is 316 g/mol. The first-order valence-electron chi connectivity index (χ1n) is 8.93. The largest absolute Gasteiger partial charge is 0.496 e. The molecule has 1 rings (SSSR count). The number of hydrogen-bond donors (Lipinski definition) is 1. The van der Waals surface area contributed by atoms with E-state index in [1.807, 2.05) is 25.1 Å². The van der Waals surface area contributed by atoms with Crippen molar-refractivity contribution in [2.75, 3.05) is 13.2 Å². The van der Waals surface area contributed by atoms with Gasteiger partial charge in [-0.15, -0.1) is 0 Å². The lowest BCUT2D eigenvalue weighted by molar-refractivity contribution is 0.0167. The smallest absolute Gasteiger partial charge is 0.120 e. The highest BCUT2D eigenvalue weighted by Gasteiger charge is 2.36. The quantitative estimate of drug-likeness (QED) is 0.328. The molecule has 0 saturated carbocycles. The molecule has 4 heteroatoms. The van der Waals surface area contributed by atoms with Crippen molar-refractivity contribution in [3.63, 3.8) is 0 Å². The molecule has 1 N–H and O–H groups in total. The zero-order valence-electron chi connectivity index (χ0n) is 15.8. The van der Waals surface area contributed by atoms with Crippen molar-refractivity contribution in [1.29, 1.82) is 0 Å². The van der Waals surface area contributed by atoms with Gasteiger partial charge in [-0.05, 0) is 37.8 Å². The molecule has 136 valence electrons. The summed E-state index contributed by atoms with van der Waals surface area (Å²) in [5, 5.41) is 11.1. The van der Waals surface area contributed by atoms with Crippen LogP contribution in [0.2, 0.25) is 25.7 Å². The Balaban J connectivity index is 2.37. The van der Waals surface area contributed by atoms with Crippen molar-refractivity contribution >= 4 is 8.07 Å². The minimum absolute atomic E-state index is 0.526. The van der Waals surface area contributed by atoms with Gasteiger partial charge in [0.05, 0.1) is 13.2 Å². The first-order chi connectivity index (χ1) is 11.3. The van der Waals surface area contributed by atoms with Crippen LogP contribution in [0.4, 0.5) is 0 Å². The number of unbranched alkanes of at least 4 members (excludes halogenated alkanes) is 1. The molecule has 1 aromatic rings. The van der Waals surface area contributed by atoms with Crippen molar-refractivity contribution in [1.82, 2.24) is 0 Å². The fourth-order valence-electron chi connectivity index (χ4n) is 2.90. The second kappa shape index (κ2) is 10.0. The van der Waals surface area contributed by atoms with Gasteiger partial charge in [-0.3, -0.25) is 0 Å². The maximum Gasteiger partial charge on any atom is 0.120 e. The van der Waals surface area contributed by atoms with Crippen molar-refractivity contribution in [2.24, 2.45) is 0 Å². The van der Waals surface area contributed by atoms with Crippen molar-refractivity contribution in [3.05, 3.63) is 48.2 Å². The Labute approximate surface area is 148 Å². The third-order valence-corrected chi connectivity index (χ3v) is 5.55. The Morgan fingerprint density at radius 1 is 1.17 bits per heavy atom. The van der Waals surface area contributed by atoms with Gasteiger partial charge in [0.2, 0.25) is 0 Å². The lowest BCUT2D eigenvalue weighted by atomic mass is 9.97. The van der Waals surface area contributed by atoms with Crippen LogP contribution in [0, 0.1) is 0 Å². The van der Waals surface area contributed by atoms with E-state index in [1.54, 1.807) is 0 Å². The second-order valence-corrected chi connectivity index (χ2v) is 13.1. The van der Waals surface area contributed by atoms with Crippen LogP contribution in [0.15, 0.2) is 42.7 Å². The summed E-state index contributed by atoms with van der Waals surface area (Å²) in [6.45, 7) is 14.6. The van der Waals surface area contributed by atoms with Crippen LogP contribution < -0.4 is 0 Å². The number of hydrogen-bond acceptors (Lipinski definition) is 3. The Morgan fingerprint density at radius 3 is 2.42 bits per heavy atom. The number of rotatable bonds is 12. The van der Waals surface area contributed by atoms with E-state index in [0.717, 1.165) is 18.9 Å². The zero-order chi connectivity index (χ0) is 18.1. The molecule has 0 fully saturated rings. The Kier molecular flexibility index (Phi) is 8.74. The number of ether oxygens (including phenoxy) is 2. The molecule has 0 bridgehead atoms. The van der Waals surface area contributed by atoms with Crippen molar-refractivity contribution in [3.8, 4) is 0 Å². The van der Waals surface area contributed by atoms with Gasteiger partial charge >= 0.3 is 0 Å². The maximum absolute atomic E-state index is 11.1. The molecule has 3 nitrogen and oxygen atoms in total. The highest BCUT2D eigenvalue weighted by Crippen LogP contribution is 2.32. The second-order valence-electron chi connectivity index (χ2n) is 7.62. The molecule has 0 aromatic heterocycles. The van der Waals surface area contributed by atoms with Gasteiger partial charge in [-0.2, -0.15) is 0 Å². The van der Waals surface area contributed by atoms with Gasteiger partial charge in [-0.1, -0.05) is 56.6 Å². The van der Waals surface area contributed by atoms with Crippen LogP contribution in [0.25, 0.3) is 0 Å². The first-order valence-corrected chi connectivity index (χ1v) is 12.6. The third-order valence-electron chi connectivity index (χ3n) is 3.90. The molecule has 0 radical (unpaired) electrons. The summed E-state index contributed by atoms with van der Waals surface area (Å²) in [5.41, 5.74) is 0.289. The van der Waals surface area contributed by atoms with Crippen LogP contribution in [-0.4, -0.2) is 32.0 Å². The predicted octanol–water partition coefficient (Wildman–Crippen LogP) is 4.99. The Bertz CT molecular complexity index is 481. The zero-order valence-corrected chi connectivity index (χ0v) is 16.8. The van der Waals surface area contributed by atoms with Crippen LogP contribution in [0.5, 0.6) is 0 Å². The normalized spacial score (nSPS) is 14.2. The maximum atomic E-state index is 11.1. The van der Waals surface area contributed by atoms with Crippen molar-refractivity contribution < 1.29 is 14.6 Å². The standard InChI is InChI=1S/C20H34O3Si/c1-6-23-18(2)20(21,17-24(3,4)5)14-10-11-15-22-16-19-12-8-7-9-13-19/h7-9,12-13,21H,2,6,10-11,14-17H2,1,3-5H3. The van der Waals surface area contributed by atoms with E-state index in [0.29, 0.717) is 32.0 Å². The van der Waals surface area contributed by atoms with Gasteiger partial charge in [0.25, 0.3) is 0 Å². The topological polar surface area (TPSA) is 38.7 Å². The van der Waals surface area contributed by atoms with Gasteiger partial charge in [-0.25, -0.2) is 0 Å². The SMILES string of the molecule is C=C(OCC)C(O)(CCCCOCc1ccccc1)C[Si](C)(C)C. The van der Waals surface area contributed by atoms with E-state index in [-0.39, 0.29) is 0 Å². The van der Waals surface area contributed by atoms with E-state index in [2.05, 4.69) is 38.4 Å². The summed E-state index contributed by atoms with van der Waals surface area (Å²) < 4.78 is 11.3. The van der Waals surface area contributed by atoms with Crippen LogP contribution in [0.1, 0.15) is 31.7 Å². The van der Waals surface area contributed by atoms with Gasteiger partial charge in [0, 0.05) is 14.7 Å². The fraction of sp³-hybridized carbons (Fsp3) is 0.600. The monoisotopic (exact) mass is 350 g/mol. The van der Waals surface area contributed by atoms with E-state index in [9.17, 15) is 5.11 Å². The highest BCUT2D eigenvalue weighted by atomic mass is 28.3.